The Labute approximate surface area is 70.9 Å². The second kappa shape index (κ2) is 2.97. The third kappa shape index (κ3) is 2.66. The van der Waals surface area contributed by atoms with E-state index >= 15 is 0 Å². The van der Waals surface area contributed by atoms with Crippen molar-refractivity contribution in [1.82, 2.24) is 4.31 Å². The van der Waals surface area contributed by atoms with E-state index in [2.05, 4.69) is 0 Å². The maximum atomic E-state index is 10.7. The van der Waals surface area contributed by atoms with Crippen LogP contribution in [0.4, 0.5) is 0 Å². The lowest BCUT2D eigenvalue weighted by molar-refractivity contribution is 0.344. The van der Waals surface area contributed by atoms with Gasteiger partial charge in [0.15, 0.2) is 0 Å². The number of nitrogens with zero attached hydrogens (tertiary/aromatic N) is 2. The molecule has 0 N–H and O–H groups in total. The van der Waals surface area contributed by atoms with Crippen LogP contribution in [-0.2, 0) is 9.24 Å². The Hall–Kier alpha value is -0.310. The van der Waals surface area contributed by atoms with Gasteiger partial charge in [0.25, 0.3) is 0 Å². The molecule has 6 heteroatoms. The van der Waals surface area contributed by atoms with Gasteiger partial charge in [0.2, 0.25) is 0 Å². The van der Waals surface area contributed by atoms with Crippen LogP contribution in [0.1, 0.15) is 13.8 Å². The first-order chi connectivity index (χ1) is 4.72. The van der Waals surface area contributed by atoms with Crippen LogP contribution in [0.3, 0.4) is 0 Å². The summed E-state index contributed by atoms with van der Waals surface area (Å²) in [5.74, 6) is 0. The minimum absolute atomic E-state index is 0.807. The molecule has 0 unspecified atom stereocenters. The first-order valence-corrected chi connectivity index (χ1v) is 5.08. The Balaban J connectivity index is 4.82. The van der Waals surface area contributed by atoms with Gasteiger partial charge >= 0.3 is 9.24 Å². The normalized spacial score (nSPS) is 13.1. The molecule has 0 saturated carbocycles. The van der Waals surface area contributed by atoms with Gasteiger partial charge < -0.3 is 0 Å². The first-order valence-electron chi connectivity index (χ1n) is 2.81. The maximum absolute atomic E-state index is 10.7. The van der Waals surface area contributed by atoms with E-state index in [1.807, 2.05) is 6.07 Å². The van der Waals surface area contributed by atoms with Crippen molar-refractivity contribution in [3.63, 3.8) is 0 Å². The highest BCUT2D eigenvalue weighted by atomic mass is 35.7. The third-order valence-electron chi connectivity index (χ3n) is 1.39. The summed E-state index contributed by atoms with van der Waals surface area (Å²) < 4.78 is 22.2. The largest absolute Gasteiger partial charge is 0.300 e. The molecule has 64 valence electrons. The standard InChI is InChI=1S/C5H9ClN2O2S/c1-5(2,4-7)8(3)11(6,9)10/h1-3H3. The summed E-state index contributed by atoms with van der Waals surface area (Å²) in [7, 11) is 2.46. The van der Waals surface area contributed by atoms with Crippen LogP contribution in [0.25, 0.3) is 0 Å². The Morgan fingerprint density at radius 1 is 1.55 bits per heavy atom. The average Bonchev–Trinajstić information content (AvgIpc) is 1.84. The van der Waals surface area contributed by atoms with Crippen LogP contribution in [0.15, 0.2) is 0 Å². The molecule has 4 nitrogen and oxygen atoms in total. The minimum Gasteiger partial charge on any atom is -0.196 e. The van der Waals surface area contributed by atoms with Crippen molar-refractivity contribution < 1.29 is 8.42 Å². The summed E-state index contributed by atoms with van der Waals surface area (Å²) in [6, 6.07) is 1.81. The first kappa shape index (κ1) is 10.7. The van der Waals surface area contributed by atoms with Crippen molar-refractivity contribution in [2.24, 2.45) is 0 Å². The third-order valence-corrected chi connectivity index (χ3v) is 3.12. The van der Waals surface area contributed by atoms with Crippen LogP contribution >= 0.6 is 10.7 Å². The molecule has 0 aromatic carbocycles. The molecule has 0 saturated heterocycles. The number of hydrogen-bond acceptors (Lipinski definition) is 3. The summed E-state index contributed by atoms with van der Waals surface area (Å²) in [5, 5.41) is 8.51. The molecule has 11 heavy (non-hydrogen) atoms. The average molecular weight is 197 g/mol. The Morgan fingerprint density at radius 3 is 2.00 bits per heavy atom. The van der Waals surface area contributed by atoms with Crippen molar-refractivity contribution in [2.75, 3.05) is 7.05 Å². The van der Waals surface area contributed by atoms with Crippen molar-refractivity contribution in [1.29, 1.82) is 5.26 Å². The Kier molecular flexibility index (Phi) is 2.89. The SMILES string of the molecule is CN(C(C)(C)C#N)S(=O)(=O)Cl. The summed E-state index contributed by atoms with van der Waals surface area (Å²) >= 11 is 0. The maximum Gasteiger partial charge on any atom is 0.300 e. The molecular weight excluding hydrogens is 188 g/mol. The van der Waals surface area contributed by atoms with Crippen LogP contribution in [0.5, 0.6) is 0 Å². The lowest BCUT2D eigenvalue weighted by Crippen LogP contribution is -2.41. The fourth-order valence-corrected chi connectivity index (χ4v) is 1.45. The van der Waals surface area contributed by atoms with Crippen LogP contribution in [0.2, 0.25) is 0 Å². The van der Waals surface area contributed by atoms with Gasteiger partial charge in [-0.15, -0.1) is 0 Å². The van der Waals surface area contributed by atoms with E-state index in [4.69, 9.17) is 15.9 Å². The minimum atomic E-state index is -3.79. The number of halogens is 1. The summed E-state index contributed by atoms with van der Waals surface area (Å²) in [5.41, 5.74) is -1.10. The van der Waals surface area contributed by atoms with E-state index in [0.29, 0.717) is 0 Å². The molecule has 0 aromatic rings. The van der Waals surface area contributed by atoms with Crippen molar-refractivity contribution >= 4 is 19.9 Å². The van der Waals surface area contributed by atoms with Gasteiger partial charge in [0.05, 0.1) is 6.07 Å². The summed E-state index contributed by atoms with van der Waals surface area (Å²) in [6.45, 7) is 2.93. The van der Waals surface area contributed by atoms with Gasteiger partial charge in [-0.3, -0.25) is 0 Å². The fraction of sp³-hybridized carbons (Fsp3) is 0.800. The summed E-state index contributed by atoms with van der Waals surface area (Å²) in [6.07, 6.45) is 0. The van der Waals surface area contributed by atoms with E-state index in [1.54, 1.807) is 0 Å². The quantitative estimate of drug-likeness (QED) is 0.611. The van der Waals surface area contributed by atoms with E-state index in [9.17, 15) is 8.42 Å². The summed E-state index contributed by atoms with van der Waals surface area (Å²) in [4.78, 5) is 0. The highest BCUT2D eigenvalue weighted by Gasteiger charge is 2.31. The number of rotatable bonds is 2. The van der Waals surface area contributed by atoms with Gasteiger partial charge in [0, 0.05) is 17.7 Å². The molecule has 0 aromatic heterocycles. The molecule has 0 bridgehead atoms. The second-order valence-electron chi connectivity index (χ2n) is 2.58. The predicted octanol–water partition coefficient (Wildman–Crippen LogP) is 0.704. The monoisotopic (exact) mass is 196 g/mol. The van der Waals surface area contributed by atoms with Crippen LogP contribution < -0.4 is 0 Å². The van der Waals surface area contributed by atoms with Crippen molar-refractivity contribution in [3.8, 4) is 6.07 Å². The van der Waals surface area contributed by atoms with Gasteiger partial charge in [-0.25, -0.2) is 0 Å². The van der Waals surface area contributed by atoms with Crippen LogP contribution in [-0.4, -0.2) is 25.3 Å². The molecule has 0 rings (SSSR count). The topological polar surface area (TPSA) is 61.2 Å². The zero-order chi connectivity index (χ0) is 9.28. The van der Waals surface area contributed by atoms with Gasteiger partial charge in [-0.1, -0.05) is 0 Å². The Bertz CT molecular complexity index is 277. The van der Waals surface area contributed by atoms with E-state index in [0.717, 1.165) is 4.31 Å². The number of hydrogen-bond donors (Lipinski definition) is 0. The zero-order valence-corrected chi connectivity index (χ0v) is 8.07. The Morgan fingerprint density at radius 2 is 1.91 bits per heavy atom. The fourth-order valence-electron chi connectivity index (χ4n) is 0.343. The smallest absolute Gasteiger partial charge is 0.196 e. The molecule has 0 aliphatic rings. The van der Waals surface area contributed by atoms with E-state index in [1.165, 1.54) is 20.9 Å². The molecule has 0 amide bonds. The molecule has 0 aliphatic heterocycles. The molecule has 0 heterocycles. The number of nitriles is 1. The van der Waals surface area contributed by atoms with Crippen LogP contribution in [0, 0.1) is 11.3 Å². The predicted molar refractivity (Wildman–Crippen MR) is 42.2 cm³/mol. The van der Waals surface area contributed by atoms with Gasteiger partial charge in [-0.05, 0) is 13.8 Å². The van der Waals surface area contributed by atoms with E-state index < -0.39 is 14.8 Å². The van der Waals surface area contributed by atoms with Gasteiger partial charge in [0.1, 0.15) is 5.54 Å². The highest BCUT2D eigenvalue weighted by Crippen LogP contribution is 2.17. The molecule has 0 radical (unpaired) electrons. The van der Waals surface area contributed by atoms with Crippen molar-refractivity contribution in [3.05, 3.63) is 0 Å². The molecule has 0 spiro atoms. The molecule has 0 aliphatic carbocycles. The van der Waals surface area contributed by atoms with Gasteiger partial charge in [-0.2, -0.15) is 18.0 Å². The van der Waals surface area contributed by atoms with E-state index in [-0.39, 0.29) is 0 Å². The van der Waals surface area contributed by atoms with Crippen molar-refractivity contribution in [2.45, 2.75) is 19.4 Å². The molecule has 0 atom stereocenters. The molecular formula is C5H9ClN2O2S. The highest BCUT2D eigenvalue weighted by molar-refractivity contribution is 8.11. The zero-order valence-electron chi connectivity index (χ0n) is 6.50. The molecule has 0 fully saturated rings. The second-order valence-corrected chi connectivity index (χ2v) is 5.12. The lowest BCUT2D eigenvalue weighted by atomic mass is 10.1. The lowest BCUT2D eigenvalue weighted by Gasteiger charge is -2.24.